The Morgan fingerprint density at radius 2 is 0.418 bits per heavy atom. The molecule has 0 bridgehead atoms. The predicted molar refractivity (Wildman–Crippen MR) is 533 cm³/mol. The Labute approximate surface area is 790 Å². The molecule has 0 fully saturated rings. The molecule has 612 valence electrons. The Morgan fingerprint density at radius 3 is 0.672 bits per heavy atom. The van der Waals surface area contributed by atoms with E-state index in [1.807, 2.05) is 167 Å². The number of rotatable bonds is 28. The number of hydrogen-bond donors (Lipinski definition) is 0. The maximum absolute atomic E-state index is 6.24. The highest BCUT2D eigenvalue weighted by Crippen LogP contribution is 2.39. The third-order valence-corrected chi connectivity index (χ3v) is 30.6. The Kier molecular flexibility index (Phi) is 34.9. The van der Waals surface area contributed by atoms with Crippen LogP contribution in [0.4, 0.5) is 0 Å². The summed E-state index contributed by atoms with van der Waals surface area (Å²) < 4.78 is 52.8. The second-order valence-corrected chi connectivity index (χ2v) is 40.8. The molecule has 122 heavy (non-hydrogen) atoms. The van der Waals surface area contributed by atoms with Crippen molar-refractivity contribution in [2.24, 2.45) is 0 Å². The summed E-state index contributed by atoms with van der Waals surface area (Å²) in [6.07, 6.45) is -1.64. The van der Waals surface area contributed by atoms with E-state index in [-0.39, 0.29) is 56.2 Å². The minimum absolute atomic E-state index is 0.157. The first kappa shape index (κ1) is 90.5. The van der Waals surface area contributed by atoms with E-state index < -0.39 is 12.6 Å². The van der Waals surface area contributed by atoms with Crippen LogP contribution in [-0.2, 0) is 43.6 Å². The predicted octanol–water partition coefficient (Wildman–Crippen LogP) is 30.3. The van der Waals surface area contributed by atoms with E-state index in [1.165, 1.54) is 62.3 Å². The molecule has 0 amide bonds. The van der Waals surface area contributed by atoms with Crippen molar-refractivity contribution in [2.45, 2.75) is 112 Å². The van der Waals surface area contributed by atoms with Crippen LogP contribution in [-0.4, -0.2) is 25.2 Å². The maximum Gasteiger partial charge on any atom is 0.238 e. The fourth-order valence-electron chi connectivity index (χ4n) is 12.5. The molecule has 0 saturated carbocycles. The third kappa shape index (κ3) is 27.1. The molecule has 0 aliphatic rings. The van der Waals surface area contributed by atoms with Crippen LogP contribution in [0.3, 0.4) is 0 Å². The van der Waals surface area contributed by atoms with Gasteiger partial charge in [-0.1, -0.05) is 201 Å². The summed E-state index contributed by atoms with van der Waals surface area (Å²) in [5.74, 6) is 6.14. The maximum atomic E-state index is 6.24. The summed E-state index contributed by atoms with van der Waals surface area (Å²) in [7, 11) is -0.661. The summed E-state index contributed by atoms with van der Waals surface area (Å²) in [5.41, 5.74) is 0. The fraction of sp³-hybridized carbons (Fsp3) is 0.0769. The Bertz CT molecular complexity index is 5470. The largest absolute Gasteiger partial charge is 0.455 e. The lowest BCUT2D eigenvalue weighted by Gasteiger charge is -2.18. The van der Waals surface area contributed by atoms with E-state index in [0.717, 1.165) is 56.3 Å². The van der Waals surface area contributed by atoms with Crippen LogP contribution in [0.1, 0.15) is 27.7 Å². The van der Waals surface area contributed by atoms with Gasteiger partial charge in [-0.15, -0.1) is 0 Å². The zero-order chi connectivity index (χ0) is 84.8. The highest BCUT2D eigenvalue weighted by molar-refractivity contribution is 14.1. The van der Waals surface area contributed by atoms with Crippen LogP contribution >= 0.6 is 111 Å². The lowest BCUT2D eigenvalue weighted by atomic mass is 10.3. The van der Waals surface area contributed by atoms with Gasteiger partial charge in [0.2, 0.25) is 25.2 Å². The van der Waals surface area contributed by atoms with Crippen LogP contribution < -0.4 is 37.9 Å². The lowest BCUT2D eigenvalue weighted by molar-refractivity contribution is 0.0211. The summed E-state index contributed by atoms with van der Waals surface area (Å²) in [6.45, 7) is 7.58. The van der Waals surface area contributed by atoms with Crippen molar-refractivity contribution in [3.05, 3.63) is 449 Å². The minimum atomic E-state index is -0.481. The molecule has 4 atom stereocenters. The summed E-state index contributed by atoms with van der Waals surface area (Å²) in [5, 5.41) is 0.537. The van der Waals surface area contributed by atoms with E-state index in [9.17, 15) is 0 Å². The molecule has 0 radical (unpaired) electrons. The Hall–Kier alpha value is -9.24. The fourth-order valence-corrected chi connectivity index (χ4v) is 23.8. The summed E-state index contributed by atoms with van der Waals surface area (Å²) in [6, 6.07) is 146. The zero-order valence-corrected chi connectivity index (χ0v) is 80.6. The standard InChI is InChI=1S/C26H21BrClO2S.C26H21BrIO2S.2C26H22IO2S/c2*1-19(30-26-17-12-20(27)18-25(26)28)29-21-13-15-24(16-14-21)31(22-8-4-2-5-9-22)23-10-6-3-7-11-23;1-20(29-26-15-9-8-14-25(26)27)28-21-16-18-24(19-17-21)30(22-10-4-2-5-11-22)23-12-6-3-7-13-23;1-20(28-22-14-12-21(27)13-15-22)29-23-16-18-26(19-17-23)30(24-8-4-2-5-9-24)25-10-6-3-7-11-25/h2*2-19H,1H3;2*2-20H,1H3/q4*+1. The van der Waals surface area contributed by atoms with Crippen LogP contribution in [0.5, 0.6) is 46.0 Å². The molecule has 0 aliphatic carbocycles. The van der Waals surface area contributed by atoms with Gasteiger partial charge < -0.3 is 37.9 Å². The van der Waals surface area contributed by atoms with Gasteiger partial charge >= 0.3 is 0 Å². The molecule has 0 spiro atoms. The smallest absolute Gasteiger partial charge is 0.238 e. The van der Waals surface area contributed by atoms with Crippen LogP contribution in [0.2, 0.25) is 5.02 Å². The van der Waals surface area contributed by atoms with Gasteiger partial charge in [-0.3, -0.25) is 0 Å². The highest BCUT2D eigenvalue weighted by atomic mass is 127. The highest BCUT2D eigenvalue weighted by Gasteiger charge is 2.33. The Balaban J connectivity index is 0.000000140. The van der Waals surface area contributed by atoms with Crippen molar-refractivity contribution in [2.75, 3.05) is 0 Å². The number of benzene rings is 16. The SMILES string of the molecule is CC(Oc1ccc(I)cc1)Oc1ccc([S+](c2ccccc2)c2ccccc2)cc1.CC(Oc1ccc([S+](c2ccccc2)c2ccccc2)cc1)Oc1ccc(Br)cc1Cl.CC(Oc1ccc([S+](c2ccccc2)c2ccccc2)cc1)Oc1ccc(Br)cc1I.CC(Oc1ccc([S+](c2ccccc2)c2ccccc2)cc1)Oc1ccccc1I. The molecular weight excluding hydrogens is 2080 g/mol. The lowest BCUT2D eigenvalue weighted by Crippen LogP contribution is -2.20. The van der Waals surface area contributed by atoms with Crippen molar-refractivity contribution in [1.29, 1.82) is 0 Å². The first-order chi connectivity index (χ1) is 59.6. The molecule has 0 heterocycles. The Morgan fingerprint density at radius 1 is 0.213 bits per heavy atom. The van der Waals surface area contributed by atoms with Gasteiger partial charge in [0.25, 0.3) is 0 Å². The zero-order valence-electron chi connectivity index (χ0n) is 66.9. The normalized spacial score (nSPS) is 11.9. The van der Waals surface area contributed by atoms with Crippen LogP contribution in [0.15, 0.2) is 492 Å². The van der Waals surface area contributed by atoms with Crippen molar-refractivity contribution in [3.8, 4) is 46.0 Å². The van der Waals surface area contributed by atoms with E-state index in [2.05, 4.69) is 379 Å². The van der Waals surface area contributed by atoms with Crippen molar-refractivity contribution in [1.82, 2.24) is 0 Å². The summed E-state index contributed by atoms with van der Waals surface area (Å²) in [4.78, 5) is 15.3. The molecule has 16 aromatic rings. The van der Waals surface area contributed by atoms with Gasteiger partial charge in [0.05, 0.1) is 55.7 Å². The first-order valence-electron chi connectivity index (χ1n) is 39.1. The quantitative estimate of drug-likeness (QED) is 0.0273. The second-order valence-electron chi connectivity index (χ2n) is 26.9. The molecule has 16 aromatic carbocycles. The van der Waals surface area contributed by atoms with Gasteiger partial charge in [0.15, 0.2) is 58.7 Å². The van der Waals surface area contributed by atoms with Gasteiger partial charge in [-0.05, 0) is 335 Å². The number of halogens is 6. The molecule has 4 unspecified atom stereocenters. The molecule has 0 aromatic heterocycles. The molecule has 0 saturated heterocycles. The van der Waals surface area contributed by atoms with Crippen molar-refractivity contribution < 1.29 is 37.9 Å². The molecular formula is C104H86Br2ClI3O8S4+4. The van der Waals surface area contributed by atoms with Crippen LogP contribution in [0, 0.1) is 10.7 Å². The molecule has 8 nitrogen and oxygen atoms in total. The second kappa shape index (κ2) is 47.0. The molecule has 0 N–H and O–H groups in total. The minimum Gasteiger partial charge on any atom is -0.455 e. The van der Waals surface area contributed by atoms with E-state index >= 15 is 0 Å². The number of hydrogen-bond acceptors (Lipinski definition) is 8. The topological polar surface area (TPSA) is 73.8 Å². The van der Waals surface area contributed by atoms with E-state index in [1.54, 1.807) is 6.07 Å². The van der Waals surface area contributed by atoms with Crippen molar-refractivity contribution >= 4 is 155 Å². The average molecular weight is 2170 g/mol. The van der Waals surface area contributed by atoms with Gasteiger partial charge in [0.1, 0.15) is 46.0 Å². The van der Waals surface area contributed by atoms with Gasteiger partial charge in [-0.2, -0.15) is 0 Å². The average Bonchev–Trinajstić information content (AvgIpc) is 0.824. The van der Waals surface area contributed by atoms with Crippen LogP contribution in [0.25, 0.3) is 0 Å². The third-order valence-electron chi connectivity index (χ3n) is 17.9. The molecule has 0 aliphatic heterocycles. The molecule has 18 heteroatoms. The first-order valence-corrected chi connectivity index (χ1v) is 49.2. The van der Waals surface area contributed by atoms with Gasteiger partial charge in [-0.25, -0.2) is 0 Å². The summed E-state index contributed by atoms with van der Waals surface area (Å²) >= 11 is 19.9. The van der Waals surface area contributed by atoms with Gasteiger partial charge in [0, 0.05) is 40.2 Å². The monoisotopic (exact) mass is 2160 g/mol. The van der Waals surface area contributed by atoms with Crippen molar-refractivity contribution in [3.63, 3.8) is 0 Å². The van der Waals surface area contributed by atoms with E-state index in [4.69, 9.17) is 49.5 Å². The number of para-hydroxylation sites is 1. The number of ether oxygens (including phenoxy) is 8. The van der Waals surface area contributed by atoms with E-state index in [0.29, 0.717) is 10.8 Å². The molecule has 16 rings (SSSR count).